The molecule has 209 valence electrons. The Labute approximate surface area is 262 Å². The van der Waals surface area contributed by atoms with Crippen LogP contribution in [-0.4, -0.2) is 15.0 Å². The Morgan fingerprint density at radius 3 is 2.26 bits per heavy atom. The third-order valence-corrected chi connectivity index (χ3v) is 6.68. The number of fused-ring (bicyclic) bond motifs is 3. The van der Waals surface area contributed by atoms with E-state index in [1.807, 2.05) is 106 Å². The van der Waals surface area contributed by atoms with Crippen molar-refractivity contribution < 1.29 is 27.3 Å². The van der Waals surface area contributed by atoms with Crippen LogP contribution in [0.1, 0.15) is 29.2 Å². The molecule has 4 aromatic carbocycles. The number of pyridine rings is 1. The Bertz CT molecular complexity index is 1990. The number of hydrogen-bond donors (Lipinski definition) is 0. The van der Waals surface area contributed by atoms with Crippen molar-refractivity contribution in [1.82, 2.24) is 15.0 Å². The molecule has 3 heterocycles. The monoisotopic (exact) mass is 726 g/mol. The van der Waals surface area contributed by atoms with E-state index in [9.17, 15) is 0 Å². The molecule has 42 heavy (non-hydrogen) atoms. The predicted octanol–water partition coefficient (Wildman–Crippen LogP) is 9.35. The smallest absolute Gasteiger partial charge is 0.128 e. The Morgan fingerprint density at radius 1 is 0.738 bits per heavy atom. The van der Waals surface area contributed by atoms with Gasteiger partial charge in [-0.05, 0) is 23.4 Å². The number of benzene rings is 4. The Morgan fingerprint density at radius 2 is 1.52 bits per heavy atom. The molecule has 1 radical (unpaired) electrons. The largest absolute Gasteiger partial charge is 0.500 e. The maximum atomic E-state index is 8.24. The summed E-state index contributed by atoms with van der Waals surface area (Å²) in [6.07, 6.45) is 1.69. The van der Waals surface area contributed by atoms with Crippen LogP contribution in [0.2, 0.25) is 0 Å². The first-order chi connectivity index (χ1) is 20.8. The van der Waals surface area contributed by atoms with Crippen molar-refractivity contribution in [3.63, 3.8) is 0 Å². The number of aromatic nitrogens is 3. The minimum Gasteiger partial charge on any atom is -0.500 e. The van der Waals surface area contributed by atoms with E-state index in [0.717, 1.165) is 38.7 Å². The fraction of sp³-hybridized carbons (Fsp3) is 0.108. The maximum Gasteiger partial charge on any atom is 0.128 e. The second-order valence-electron chi connectivity index (χ2n) is 10.6. The van der Waals surface area contributed by atoms with Crippen molar-refractivity contribution in [3.05, 3.63) is 139 Å². The van der Waals surface area contributed by atoms with Gasteiger partial charge in [0.25, 0.3) is 0 Å². The van der Waals surface area contributed by atoms with Crippen LogP contribution in [0.5, 0.6) is 0 Å². The van der Waals surface area contributed by atoms with Gasteiger partial charge in [-0.3, -0.25) is 9.97 Å². The Balaban J connectivity index is 0.000000248. The first-order valence-corrected chi connectivity index (χ1v) is 13.5. The number of nitrogens with zero attached hydrogens (tertiary/aromatic N) is 3. The van der Waals surface area contributed by atoms with E-state index in [1.54, 1.807) is 6.20 Å². The van der Waals surface area contributed by atoms with Crippen LogP contribution in [0.15, 0.2) is 126 Å². The van der Waals surface area contributed by atoms with Crippen LogP contribution in [-0.2, 0) is 25.5 Å². The number of hydrogen-bond acceptors (Lipinski definition) is 4. The van der Waals surface area contributed by atoms with E-state index in [2.05, 4.69) is 45.3 Å². The van der Waals surface area contributed by atoms with E-state index >= 15 is 0 Å². The minimum atomic E-state index is -0.382. The summed E-state index contributed by atoms with van der Waals surface area (Å²) in [7, 11) is 0. The third-order valence-electron chi connectivity index (χ3n) is 6.68. The molecule has 0 spiro atoms. The van der Waals surface area contributed by atoms with Crippen molar-refractivity contribution in [1.29, 1.82) is 0 Å². The van der Waals surface area contributed by atoms with Gasteiger partial charge in [-0.15, -0.1) is 54.1 Å². The molecule has 0 fully saturated rings. The molecule has 0 aliphatic carbocycles. The van der Waals surface area contributed by atoms with Gasteiger partial charge in [-0.25, -0.2) is 0 Å². The van der Waals surface area contributed by atoms with Gasteiger partial charge in [0.2, 0.25) is 0 Å². The zero-order chi connectivity index (χ0) is 30.0. The molecule has 7 aromatic rings. The molecule has 0 atom stereocenters. The fourth-order valence-electron chi connectivity index (χ4n) is 4.61. The summed E-state index contributed by atoms with van der Waals surface area (Å²) in [5.74, 6) is 0.358. The minimum absolute atomic E-state index is 0. The standard InChI is InChI=1S/C26H21N2O.C11H8N.Ir/c1-26(2,3)22-15-16-27-25(28-22)21-14-8-13-20-19-12-7-11-18(23(19)29-24(20)21)17-9-5-4-6-10-17;1-2-6-10(7-3-1)11-8-4-5-9-12-11;/h4-13,15-16H,1-3H3;1-6,8-9H;/q2*-1;/i15D,16D;;. The summed E-state index contributed by atoms with van der Waals surface area (Å²) in [6, 6.07) is 40.2. The van der Waals surface area contributed by atoms with Crippen LogP contribution in [0, 0.1) is 12.1 Å². The van der Waals surface area contributed by atoms with Gasteiger partial charge in [0.1, 0.15) is 5.58 Å². The molecule has 3 aromatic heterocycles. The molecule has 0 aliphatic rings. The first kappa shape index (κ1) is 26.5. The summed E-state index contributed by atoms with van der Waals surface area (Å²) >= 11 is 0. The van der Waals surface area contributed by atoms with Gasteiger partial charge in [0, 0.05) is 54.5 Å². The number of rotatable bonds is 3. The number of para-hydroxylation sites is 1. The summed E-state index contributed by atoms with van der Waals surface area (Å²) in [4.78, 5) is 13.2. The molecule has 0 amide bonds. The van der Waals surface area contributed by atoms with E-state index in [4.69, 9.17) is 7.16 Å². The van der Waals surface area contributed by atoms with Gasteiger partial charge < -0.3 is 9.40 Å². The second-order valence-corrected chi connectivity index (χ2v) is 10.6. The molecular weight excluding hydrogens is 695 g/mol. The molecular formula is C37H29IrN3O-2. The topological polar surface area (TPSA) is 51.8 Å². The Kier molecular flexibility index (Phi) is 7.94. The van der Waals surface area contributed by atoms with Crippen LogP contribution >= 0.6 is 0 Å². The maximum absolute atomic E-state index is 8.24. The van der Waals surface area contributed by atoms with Crippen LogP contribution in [0.4, 0.5) is 0 Å². The van der Waals surface area contributed by atoms with E-state index < -0.39 is 0 Å². The van der Waals surface area contributed by atoms with Gasteiger partial charge in [-0.2, -0.15) is 0 Å². The van der Waals surface area contributed by atoms with Crippen molar-refractivity contribution in [2.45, 2.75) is 26.2 Å². The average molecular weight is 726 g/mol. The quantitative estimate of drug-likeness (QED) is 0.171. The van der Waals surface area contributed by atoms with Crippen molar-refractivity contribution >= 4 is 21.9 Å². The van der Waals surface area contributed by atoms with E-state index in [0.29, 0.717) is 22.7 Å². The van der Waals surface area contributed by atoms with Crippen LogP contribution in [0.25, 0.3) is 55.7 Å². The molecule has 0 unspecified atom stereocenters. The SMILES string of the molecule is [2H]c1nc(-c2[c-]ccc3c2oc2c(-c4ccccc4)cccc23)nc(C(C)(C)C)c1[2H].[Ir].[c-]1ccccc1-c1ccccn1. The van der Waals surface area contributed by atoms with Gasteiger partial charge in [0.05, 0.1) is 14.1 Å². The number of furan rings is 1. The molecule has 0 saturated carbocycles. The van der Waals surface area contributed by atoms with Gasteiger partial charge in [0.15, 0.2) is 0 Å². The van der Waals surface area contributed by atoms with Crippen LogP contribution < -0.4 is 0 Å². The zero-order valence-electron chi connectivity index (χ0n) is 25.5. The molecule has 7 rings (SSSR count). The summed E-state index contributed by atoms with van der Waals surface area (Å²) in [6.45, 7) is 5.94. The summed E-state index contributed by atoms with van der Waals surface area (Å²) < 4.78 is 22.8. The fourth-order valence-corrected chi connectivity index (χ4v) is 4.61. The summed E-state index contributed by atoms with van der Waals surface area (Å²) in [5, 5.41) is 1.95. The van der Waals surface area contributed by atoms with Crippen LogP contribution in [0.3, 0.4) is 0 Å². The zero-order valence-corrected chi connectivity index (χ0v) is 25.9. The van der Waals surface area contributed by atoms with Gasteiger partial charge in [-0.1, -0.05) is 92.4 Å². The molecule has 5 heteroatoms. The van der Waals surface area contributed by atoms with E-state index in [1.165, 1.54) is 0 Å². The van der Waals surface area contributed by atoms with Crippen molar-refractivity contribution in [3.8, 4) is 33.8 Å². The predicted molar refractivity (Wildman–Crippen MR) is 166 cm³/mol. The average Bonchev–Trinajstić information content (AvgIpc) is 3.43. The molecule has 0 bridgehead atoms. The molecule has 0 saturated heterocycles. The summed E-state index contributed by atoms with van der Waals surface area (Å²) in [5.41, 5.74) is 6.29. The molecule has 4 nitrogen and oxygen atoms in total. The third kappa shape index (κ3) is 6.08. The van der Waals surface area contributed by atoms with Gasteiger partial charge >= 0.3 is 0 Å². The van der Waals surface area contributed by atoms with E-state index in [-0.39, 0.29) is 37.7 Å². The second kappa shape index (κ2) is 12.6. The normalized spacial score (nSPS) is 11.7. The molecule has 0 N–H and O–H groups in total. The molecule has 0 aliphatic heterocycles. The van der Waals surface area contributed by atoms with Crippen molar-refractivity contribution in [2.24, 2.45) is 0 Å². The van der Waals surface area contributed by atoms with Crippen molar-refractivity contribution in [2.75, 3.05) is 0 Å². The Hall–Kier alpha value is -4.44. The first-order valence-electron chi connectivity index (χ1n) is 14.5.